The minimum Gasteiger partial charge on any atom is -0.378 e. The van der Waals surface area contributed by atoms with Crippen molar-refractivity contribution in [1.29, 1.82) is 0 Å². The number of halogens is 2. The summed E-state index contributed by atoms with van der Waals surface area (Å²) in [6, 6.07) is 8.75. The molecule has 0 saturated heterocycles. The van der Waals surface area contributed by atoms with E-state index in [9.17, 15) is 17.6 Å². The van der Waals surface area contributed by atoms with Crippen molar-refractivity contribution in [2.45, 2.75) is 11.8 Å². The first kappa shape index (κ1) is 18.6. The molecule has 0 amide bonds. The van der Waals surface area contributed by atoms with Gasteiger partial charge < -0.3 is 9.84 Å². The first-order valence-corrected chi connectivity index (χ1v) is 9.86. The van der Waals surface area contributed by atoms with Crippen LogP contribution in [-0.2, 0) is 10.0 Å². The minimum atomic E-state index is -4.29. The van der Waals surface area contributed by atoms with Gasteiger partial charge in [0.05, 0.1) is 11.8 Å². The number of H-pyrrole nitrogens is 1. The lowest BCUT2D eigenvalue weighted by molar-refractivity contribution is 0.426. The topological polar surface area (TPSA) is 118 Å². The van der Waals surface area contributed by atoms with Crippen molar-refractivity contribution < 1.29 is 17.3 Å². The van der Waals surface area contributed by atoms with Gasteiger partial charge in [0.25, 0.3) is 5.56 Å². The highest BCUT2D eigenvalue weighted by atomic mass is 127. The van der Waals surface area contributed by atoms with E-state index in [4.69, 9.17) is 9.66 Å². The summed E-state index contributed by atoms with van der Waals surface area (Å²) in [5.41, 5.74) is 1.47. The van der Waals surface area contributed by atoms with Gasteiger partial charge in [-0.1, -0.05) is 0 Å². The number of primary sulfonamides is 1. The van der Waals surface area contributed by atoms with Crippen LogP contribution in [0.3, 0.4) is 0 Å². The number of sulfonamides is 1. The smallest absolute Gasteiger partial charge is 0.280 e. The lowest BCUT2D eigenvalue weighted by atomic mass is 10.1. The number of benzene rings is 2. The molecule has 3 rings (SSSR count). The molecule has 0 fully saturated rings. The number of anilines is 2. The predicted octanol–water partition coefficient (Wildman–Crippen LogP) is 3.08. The maximum atomic E-state index is 14.3. The Labute approximate surface area is 161 Å². The van der Waals surface area contributed by atoms with Crippen LogP contribution < -0.4 is 16.0 Å². The Morgan fingerprint density at radius 1 is 1.19 bits per heavy atom. The third kappa shape index (κ3) is 3.81. The van der Waals surface area contributed by atoms with Gasteiger partial charge in [-0.2, -0.15) is 5.16 Å². The number of hydrogen-bond donors (Lipinski definition) is 3. The van der Waals surface area contributed by atoms with E-state index in [1.807, 2.05) is 19.1 Å². The largest absolute Gasteiger partial charge is 0.378 e. The monoisotopic (exact) mass is 489 g/mol. The lowest BCUT2D eigenvalue weighted by Crippen LogP contribution is -2.14. The van der Waals surface area contributed by atoms with Gasteiger partial charge >= 0.3 is 0 Å². The molecule has 7 nitrogen and oxygen atoms in total. The maximum Gasteiger partial charge on any atom is 0.280 e. The van der Waals surface area contributed by atoms with Gasteiger partial charge in [-0.05, 0) is 65.4 Å². The zero-order valence-electron chi connectivity index (χ0n) is 13.3. The fraction of sp³-hybridized carbons (Fsp3) is 0.0625. The SMILES string of the molecule is Cc1cc(I)ccc1Nc1cc(F)c(S(N)(=O)=O)cc1-c1cc(=O)[nH]o1. The van der Waals surface area contributed by atoms with Crippen LogP contribution in [0, 0.1) is 16.3 Å². The Morgan fingerprint density at radius 2 is 1.92 bits per heavy atom. The normalized spacial score (nSPS) is 11.5. The van der Waals surface area contributed by atoms with Crippen molar-refractivity contribution in [3.63, 3.8) is 0 Å². The highest BCUT2D eigenvalue weighted by molar-refractivity contribution is 14.1. The quantitative estimate of drug-likeness (QED) is 0.487. The molecule has 0 aliphatic heterocycles. The summed E-state index contributed by atoms with van der Waals surface area (Å²) in [6.45, 7) is 1.87. The van der Waals surface area contributed by atoms with E-state index in [-0.39, 0.29) is 17.0 Å². The van der Waals surface area contributed by atoms with E-state index in [1.165, 1.54) is 0 Å². The van der Waals surface area contributed by atoms with Gasteiger partial charge in [-0.3, -0.25) is 4.79 Å². The molecule has 0 bridgehead atoms. The van der Waals surface area contributed by atoms with Crippen molar-refractivity contribution in [3.05, 3.63) is 61.7 Å². The summed E-state index contributed by atoms with van der Waals surface area (Å²) in [5.74, 6) is -0.967. The first-order valence-electron chi connectivity index (χ1n) is 7.23. The molecule has 0 spiro atoms. The average molecular weight is 489 g/mol. The molecular formula is C16H13FIN3O4S. The summed E-state index contributed by atoms with van der Waals surface area (Å²) in [4.78, 5) is 10.7. The third-order valence-electron chi connectivity index (χ3n) is 3.63. The molecular weight excluding hydrogens is 476 g/mol. The number of aryl methyl sites for hydroxylation is 1. The van der Waals surface area contributed by atoms with Crippen LogP contribution in [0.5, 0.6) is 0 Å². The van der Waals surface area contributed by atoms with Crippen molar-refractivity contribution in [3.8, 4) is 11.3 Å². The van der Waals surface area contributed by atoms with E-state index < -0.39 is 26.3 Å². The van der Waals surface area contributed by atoms with Gasteiger partial charge in [-0.15, -0.1) is 0 Å². The molecule has 10 heteroatoms. The van der Waals surface area contributed by atoms with E-state index in [0.717, 1.165) is 27.3 Å². The second kappa shape index (κ2) is 6.85. The average Bonchev–Trinajstić information content (AvgIpc) is 2.95. The van der Waals surface area contributed by atoms with Crippen LogP contribution in [0.25, 0.3) is 11.3 Å². The van der Waals surface area contributed by atoms with E-state index in [0.29, 0.717) is 5.69 Å². The molecule has 2 aromatic carbocycles. The number of aromatic nitrogens is 1. The summed E-state index contributed by atoms with van der Waals surface area (Å²) < 4.78 is 43.6. The van der Waals surface area contributed by atoms with Crippen LogP contribution in [-0.4, -0.2) is 13.6 Å². The Morgan fingerprint density at radius 3 is 2.50 bits per heavy atom. The second-order valence-electron chi connectivity index (χ2n) is 5.53. The van der Waals surface area contributed by atoms with Crippen molar-refractivity contribution in [2.75, 3.05) is 5.32 Å². The maximum absolute atomic E-state index is 14.3. The van der Waals surface area contributed by atoms with Gasteiger partial charge in [0.1, 0.15) is 10.7 Å². The van der Waals surface area contributed by atoms with Gasteiger partial charge in [0, 0.05) is 14.8 Å². The summed E-state index contributed by atoms with van der Waals surface area (Å²) in [5, 5.41) is 10.2. The van der Waals surface area contributed by atoms with Crippen molar-refractivity contribution in [2.24, 2.45) is 5.14 Å². The number of nitrogens with two attached hydrogens (primary N) is 1. The van der Waals surface area contributed by atoms with Gasteiger partial charge in [-0.25, -0.2) is 17.9 Å². The Kier molecular flexibility index (Phi) is 4.90. The molecule has 0 unspecified atom stereocenters. The summed E-state index contributed by atoms with van der Waals surface area (Å²) in [6.07, 6.45) is 0. The molecule has 3 aromatic rings. The molecule has 0 radical (unpaired) electrons. The number of aromatic amines is 1. The molecule has 0 atom stereocenters. The van der Waals surface area contributed by atoms with Crippen LogP contribution in [0.1, 0.15) is 5.56 Å². The summed E-state index contributed by atoms with van der Waals surface area (Å²) >= 11 is 2.17. The standard InChI is InChI=1S/C16H13FIN3O4S/c1-8-4-9(18)2-3-12(8)20-13-6-11(17)15(26(19,23)24)5-10(13)14-7-16(22)21-25-14/h2-7,20H,1H3,(H,21,22)(H2,19,23,24). The third-order valence-corrected chi connectivity index (χ3v) is 5.22. The van der Waals surface area contributed by atoms with Gasteiger partial charge in [0.15, 0.2) is 5.76 Å². The first-order chi connectivity index (χ1) is 12.1. The molecule has 26 heavy (non-hydrogen) atoms. The predicted molar refractivity (Wildman–Crippen MR) is 103 cm³/mol. The highest BCUT2D eigenvalue weighted by Crippen LogP contribution is 2.34. The lowest BCUT2D eigenvalue weighted by Gasteiger charge is -2.14. The minimum absolute atomic E-state index is 0.0468. The molecule has 1 aromatic heterocycles. The Balaban J connectivity index is 2.20. The molecule has 0 aliphatic rings. The number of hydrogen-bond acceptors (Lipinski definition) is 5. The molecule has 0 saturated carbocycles. The number of nitrogens with one attached hydrogen (secondary N) is 2. The van der Waals surface area contributed by atoms with E-state index in [1.54, 1.807) is 6.07 Å². The molecule has 4 N–H and O–H groups in total. The second-order valence-corrected chi connectivity index (χ2v) is 8.31. The van der Waals surface area contributed by atoms with Crippen LogP contribution in [0.15, 0.2) is 50.6 Å². The number of rotatable bonds is 4. The zero-order chi connectivity index (χ0) is 19.1. The van der Waals surface area contributed by atoms with E-state index >= 15 is 0 Å². The van der Waals surface area contributed by atoms with Crippen LogP contribution in [0.4, 0.5) is 15.8 Å². The van der Waals surface area contributed by atoms with Crippen molar-refractivity contribution >= 4 is 44.0 Å². The highest BCUT2D eigenvalue weighted by Gasteiger charge is 2.21. The fourth-order valence-electron chi connectivity index (χ4n) is 2.41. The Hall–Kier alpha value is -2.18. The molecule has 0 aliphatic carbocycles. The van der Waals surface area contributed by atoms with Gasteiger partial charge in [0.2, 0.25) is 10.0 Å². The van der Waals surface area contributed by atoms with Crippen LogP contribution >= 0.6 is 22.6 Å². The van der Waals surface area contributed by atoms with Crippen LogP contribution in [0.2, 0.25) is 0 Å². The Bertz CT molecular complexity index is 1150. The zero-order valence-corrected chi connectivity index (χ0v) is 16.3. The van der Waals surface area contributed by atoms with Crippen molar-refractivity contribution in [1.82, 2.24) is 5.16 Å². The fourth-order valence-corrected chi connectivity index (χ4v) is 3.67. The van der Waals surface area contributed by atoms with E-state index in [2.05, 4.69) is 33.1 Å². The molecule has 136 valence electrons. The summed E-state index contributed by atoms with van der Waals surface area (Å²) in [7, 11) is -4.29. The molecule has 1 heterocycles.